The Labute approximate surface area is 206 Å². The number of nitrogens with zero attached hydrogens (tertiary/aromatic N) is 3. The van der Waals surface area contributed by atoms with Gasteiger partial charge in [0.2, 0.25) is 17.6 Å². The Bertz CT molecular complexity index is 1260. The first-order chi connectivity index (χ1) is 17.2. The minimum absolute atomic E-state index is 0.0753. The summed E-state index contributed by atoms with van der Waals surface area (Å²) in [5.74, 6) is 1.37. The number of aromatic nitrogens is 2. The van der Waals surface area contributed by atoms with Gasteiger partial charge in [-0.05, 0) is 61.6 Å². The van der Waals surface area contributed by atoms with Crippen molar-refractivity contribution in [3.05, 3.63) is 77.4 Å². The number of furan rings is 1. The lowest BCUT2D eigenvalue weighted by Gasteiger charge is -2.30. The second kappa shape index (κ2) is 10.7. The summed E-state index contributed by atoms with van der Waals surface area (Å²) in [6, 6.07) is 14.5. The van der Waals surface area contributed by atoms with Crippen LogP contribution in [-0.2, 0) is 17.9 Å². The second-order valence-corrected chi connectivity index (χ2v) is 9.28. The van der Waals surface area contributed by atoms with Crippen molar-refractivity contribution in [2.45, 2.75) is 25.9 Å². The molecule has 0 bridgehead atoms. The fourth-order valence-electron chi connectivity index (χ4n) is 4.07. The number of nitrogens with one attached hydrogen (secondary N) is 2. The Morgan fingerprint density at radius 3 is 2.71 bits per heavy atom. The van der Waals surface area contributed by atoms with E-state index in [4.69, 9.17) is 8.94 Å². The van der Waals surface area contributed by atoms with Crippen LogP contribution >= 0.6 is 11.3 Å². The van der Waals surface area contributed by atoms with Crippen molar-refractivity contribution in [1.82, 2.24) is 20.4 Å². The first-order valence-electron chi connectivity index (χ1n) is 11.4. The number of likely N-dealkylation sites (tertiary alicyclic amines) is 1. The number of benzene rings is 1. The molecule has 1 saturated heterocycles. The molecule has 35 heavy (non-hydrogen) atoms. The molecular weight excluding hydrogens is 466 g/mol. The van der Waals surface area contributed by atoms with Gasteiger partial charge in [0.25, 0.3) is 5.91 Å². The molecule has 2 N–H and O–H groups in total. The molecule has 1 aliphatic rings. The summed E-state index contributed by atoms with van der Waals surface area (Å²) in [6.45, 7) is 2.34. The fraction of sp³-hybridized carbons (Fsp3) is 0.280. The van der Waals surface area contributed by atoms with E-state index in [0.717, 1.165) is 18.0 Å². The molecule has 4 aromatic rings. The van der Waals surface area contributed by atoms with Gasteiger partial charge in [-0.3, -0.25) is 14.5 Å². The third-order valence-corrected chi connectivity index (χ3v) is 6.83. The number of rotatable bonds is 8. The summed E-state index contributed by atoms with van der Waals surface area (Å²) in [7, 11) is 0. The summed E-state index contributed by atoms with van der Waals surface area (Å²) >= 11 is 1.57. The van der Waals surface area contributed by atoms with Gasteiger partial charge >= 0.3 is 0 Å². The van der Waals surface area contributed by atoms with Crippen LogP contribution in [0.5, 0.6) is 0 Å². The second-order valence-electron chi connectivity index (χ2n) is 8.34. The van der Waals surface area contributed by atoms with Crippen LogP contribution in [0, 0.1) is 5.92 Å². The van der Waals surface area contributed by atoms with Crippen molar-refractivity contribution in [3.8, 4) is 10.7 Å². The van der Waals surface area contributed by atoms with E-state index in [1.807, 2.05) is 17.5 Å². The SMILES string of the molecule is O=C(NCc1ccco1)c1ccccc1NC(=O)C1CCN(Cc2nc(-c3cccs3)no2)CC1. The smallest absolute Gasteiger partial charge is 0.253 e. The number of hydrogen-bond acceptors (Lipinski definition) is 8. The van der Waals surface area contributed by atoms with Crippen molar-refractivity contribution in [1.29, 1.82) is 0 Å². The number of anilines is 1. The third-order valence-electron chi connectivity index (χ3n) is 5.96. The molecule has 1 aromatic carbocycles. The largest absolute Gasteiger partial charge is 0.467 e. The van der Waals surface area contributed by atoms with Crippen LogP contribution in [0.3, 0.4) is 0 Å². The summed E-state index contributed by atoms with van der Waals surface area (Å²) in [4.78, 5) is 33.3. The third kappa shape index (κ3) is 5.67. The Morgan fingerprint density at radius 2 is 1.94 bits per heavy atom. The Kier molecular flexibility index (Phi) is 7.01. The highest BCUT2D eigenvalue weighted by Crippen LogP contribution is 2.24. The van der Waals surface area contributed by atoms with Crippen molar-refractivity contribution in [2.75, 3.05) is 18.4 Å². The summed E-state index contributed by atoms with van der Waals surface area (Å²) in [5.41, 5.74) is 0.923. The van der Waals surface area contributed by atoms with E-state index < -0.39 is 0 Å². The van der Waals surface area contributed by atoms with E-state index in [1.54, 1.807) is 54.0 Å². The Balaban J connectivity index is 1.13. The Hall–Kier alpha value is -3.76. The molecule has 0 aliphatic carbocycles. The normalized spacial score (nSPS) is 14.6. The molecule has 3 aromatic heterocycles. The molecule has 180 valence electrons. The number of carbonyl (C=O) groups is 2. The van der Waals surface area contributed by atoms with Crippen molar-refractivity contribution < 1.29 is 18.5 Å². The summed E-state index contributed by atoms with van der Waals surface area (Å²) in [5, 5.41) is 11.8. The zero-order chi connectivity index (χ0) is 24.0. The van der Waals surface area contributed by atoms with Gasteiger partial charge in [-0.15, -0.1) is 11.3 Å². The molecule has 10 heteroatoms. The van der Waals surface area contributed by atoms with E-state index in [0.29, 0.717) is 48.1 Å². The van der Waals surface area contributed by atoms with Crippen LogP contribution in [-0.4, -0.2) is 39.9 Å². The summed E-state index contributed by atoms with van der Waals surface area (Å²) in [6.07, 6.45) is 2.99. The van der Waals surface area contributed by atoms with E-state index in [2.05, 4.69) is 25.7 Å². The lowest BCUT2D eigenvalue weighted by molar-refractivity contribution is -0.121. The van der Waals surface area contributed by atoms with Gasteiger partial charge in [0.1, 0.15) is 5.76 Å². The van der Waals surface area contributed by atoms with E-state index >= 15 is 0 Å². The molecule has 0 atom stereocenters. The average molecular weight is 492 g/mol. The molecule has 9 nitrogen and oxygen atoms in total. The van der Waals surface area contributed by atoms with Gasteiger partial charge in [-0.25, -0.2) is 0 Å². The minimum Gasteiger partial charge on any atom is -0.467 e. The maximum atomic E-state index is 13.0. The van der Waals surface area contributed by atoms with Gasteiger partial charge in [0, 0.05) is 5.92 Å². The fourth-order valence-corrected chi connectivity index (χ4v) is 4.72. The highest BCUT2D eigenvalue weighted by atomic mass is 32.1. The zero-order valence-electron chi connectivity index (χ0n) is 19.0. The number of carbonyl (C=O) groups excluding carboxylic acids is 2. The molecule has 0 spiro atoms. The summed E-state index contributed by atoms with van der Waals surface area (Å²) < 4.78 is 10.7. The van der Waals surface area contributed by atoms with E-state index in [9.17, 15) is 9.59 Å². The van der Waals surface area contributed by atoms with Crippen molar-refractivity contribution in [3.63, 3.8) is 0 Å². The first-order valence-corrected chi connectivity index (χ1v) is 12.3. The van der Waals surface area contributed by atoms with Gasteiger partial charge < -0.3 is 19.6 Å². The molecule has 2 amide bonds. The lowest BCUT2D eigenvalue weighted by atomic mass is 9.95. The lowest BCUT2D eigenvalue weighted by Crippen LogP contribution is -2.38. The van der Waals surface area contributed by atoms with Gasteiger partial charge in [-0.2, -0.15) is 4.98 Å². The Morgan fingerprint density at radius 1 is 1.09 bits per heavy atom. The molecule has 0 saturated carbocycles. The molecule has 0 unspecified atom stereocenters. The van der Waals surface area contributed by atoms with Crippen LogP contribution < -0.4 is 10.6 Å². The minimum atomic E-state index is -0.270. The standard InChI is InChI=1S/C25H25N5O4S/c31-24(27-20-7-2-1-6-19(20)25(32)26-15-18-5-3-13-33-18)17-9-11-30(12-10-17)16-22-28-23(29-34-22)21-8-4-14-35-21/h1-8,13-14,17H,9-12,15-16H2,(H,26,32)(H,27,31). The molecular formula is C25H25N5O4S. The van der Waals surface area contributed by atoms with E-state index in [1.165, 1.54) is 0 Å². The predicted octanol–water partition coefficient (Wildman–Crippen LogP) is 4.17. The van der Waals surface area contributed by atoms with Crippen LogP contribution in [0.1, 0.15) is 34.9 Å². The quantitative estimate of drug-likeness (QED) is 0.380. The zero-order valence-corrected chi connectivity index (χ0v) is 19.8. The van der Waals surface area contributed by atoms with Gasteiger partial charge in [0.05, 0.1) is 35.5 Å². The predicted molar refractivity (Wildman–Crippen MR) is 131 cm³/mol. The maximum absolute atomic E-state index is 13.0. The molecule has 1 aliphatic heterocycles. The highest BCUT2D eigenvalue weighted by Gasteiger charge is 2.27. The first kappa shape index (κ1) is 23.0. The van der Waals surface area contributed by atoms with Crippen LogP contribution in [0.2, 0.25) is 0 Å². The number of amides is 2. The molecule has 5 rings (SSSR count). The highest BCUT2D eigenvalue weighted by molar-refractivity contribution is 7.13. The van der Waals surface area contributed by atoms with Crippen LogP contribution in [0.15, 0.2) is 69.1 Å². The molecule has 1 fully saturated rings. The molecule has 0 radical (unpaired) electrons. The van der Waals surface area contributed by atoms with Crippen LogP contribution in [0.25, 0.3) is 10.7 Å². The van der Waals surface area contributed by atoms with Gasteiger partial charge in [0.15, 0.2) is 0 Å². The topological polar surface area (TPSA) is 114 Å². The molecule has 4 heterocycles. The number of piperidine rings is 1. The van der Waals surface area contributed by atoms with Crippen molar-refractivity contribution in [2.24, 2.45) is 5.92 Å². The van der Waals surface area contributed by atoms with Crippen LogP contribution in [0.4, 0.5) is 5.69 Å². The van der Waals surface area contributed by atoms with Crippen molar-refractivity contribution >= 4 is 28.8 Å². The van der Waals surface area contributed by atoms with Gasteiger partial charge in [-0.1, -0.05) is 23.4 Å². The number of hydrogen-bond donors (Lipinski definition) is 2. The van der Waals surface area contributed by atoms with E-state index in [-0.39, 0.29) is 24.3 Å². The monoisotopic (exact) mass is 491 g/mol. The number of thiophene rings is 1. The maximum Gasteiger partial charge on any atom is 0.253 e. The number of para-hydroxylation sites is 1. The average Bonchev–Trinajstić information content (AvgIpc) is 3.66.